The second-order valence-corrected chi connectivity index (χ2v) is 8.20. The van der Waals surface area contributed by atoms with Gasteiger partial charge in [0, 0.05) is 11.1 Å². The summed E-state index contributed by atoms with van der Waals surface area (Å²) in [4.78, 5) is 11.9. The maximum absolute atomic E-state index is 12.8. The molecule has 1 aromatic heterocycles. The molecule has 2 aromatic carbocycles. The Balaban J connectivity index is 1.62. The van der Waals surface area contributed by atoms with E-state index in [4.69, 9.17) is 4.42 Å². The van der Waals surface area contributed by atoms with Gasteiger partial charge >= 0.3 is 0 Å². The quantitative estimate of drug-likeness (QED) is 0.735. The molecule has 26 heavy (non-hydrogen) atoms. The summed E-state index contributed by atoms with van der Waals surface area (Å²) < 4.78 is 33.9. The first kappa shape index (κ1) is 16.8. The van der Waals surface area contributed by atoms with Crippen molar-refractivity contribution in [3.63, 3.8) is 0 Å². The molecule has 3 aromatic rings. The fraction of sp³-hybridized carbons (Fsp3) is 0.211. The number of rotatable bonds is 4. The monoisotopic (exact) mass is 370 g/mol. The third kappa shape index (κ3) is 2.79. The van der Waals surface area contributed by atoms with Gasteiger partial charge in [0.2, 0.25) is 15.9 Å². The fourth-order valence-electron chi connectivity index (χ4n) is 3.14. The summed E-state index contributed by atoms with van der Waals surface area (Å²) in [6, 6.07) is 13.5. The van der Waals surface area contributed by atoms with E-state index in [2.05, 4.69) is 10.0 Å². The highest BCUT2D eigenvalue weighted by molar-refractivity contribution is 7.89. The summed E-state index contributed by atoms with van der Waals surface area (Å²) in [5, 5.41) is 3.66. The molecule has 7 heteroatoms. The van der Waals surface area contributed by atoms with Gasteiger partial charge in [0.05, 0.1) is 16.9 Å². The minimum absolute atomic E-state index is 0.127. The van der Waals surface area contributed by atoms with Crippen molar-refractivity contribution in [2.24, 2.45) is 0 Å². The normalized spacial score (nSPS) is 17.9. The first-order valence-corrected chi connectivity index (χ1v) is 9.79. The molecule has 0 saturated carbocycles. The van der Waals surface area contributed by atoms with Crippen molar-refractivity contribution >= 4 is 32.6 Å². The average Bonchev–Trinajstić information content (AvgIpc) is 3.16. The molecule has 6 nitrogen and oxygen atoms in total. The highest BCUT2D eigenvalue weighted by atomic mass is 32.2. The summed E-state index contributed by atoms with van der Waals surface area (Å²) in [7, 11) is -3.76. The second-order valence-electron chi connectivity index (χ2n) is 6.49. The van der Waals surface area contributed by atoms with Gasteiger partial charge in [0.1, 0.15) is 11.3 Å². The topological polar surface area (TPSA) is 88.4 Å². The number of carbonyl (C=O) groups excluding carboxylic acids is 1. The van der Waals surface area contributed by atoms with E-state index in [0.717, 1.165) is 5.39 Å². The highest BCUT2D eigenvalue weighted by Gasteiger charge is 2.29. The molecular formula is C19H18N2O4S. The molecule has 2 N–H and O–H groups in total. The van der Waals surface area contributed by atoms with Crippen molar-refractivity contribution in [1.82, 2.24) is 4.72 Å². The Labute approximate surface area is 151 Å². The van der Waals surface area contributed by atoms with E-state index in [-0.39, 0.29) is 16.7 Å². The van der Waals surface area contributed by atoms with E-state index in [9.17, 15) is 13.2 Å². The molecule has 0 saturated heterocycles. The molecule has 1 aliphatic rings. The lowest BCUT2D eigenvalue weighted by atomic mass is 10.0. The first-order chi connectivity index (χ1) is 12.3. The van der Waals surface area contributed by atoms with Gasteiger partial charge in [-0.25, -0.2) is 13.1 Å². The van der Waals surface area contributed by atoms with Crippen LogP contribution in [0.3, 0.4) is 0 Å². The van der Waals surface area contributed by atoms with E-state index < -0.39 is 16.1 Å². The van der Waals surface area contributed by atoms with E-state index in [1.165, 1.54) is 6.07 Å². The van der Waals surface area contributed by atoms with Crippen LogP contribution < -0.4 is 10.0 Å². The summed E-state index contributed by atoms with van der Waals surface area (Å²) in [5.74, 6) is 0.0484. The summed E-state index contributed by atoms with van der Waals surface area (Å²) in [6.45, 7) is 3.48. The Hall–Kier alpha value is -2.64. The highest BCUT2D eigenvalue weighted by Crippen LogP contribution is 2.34. The largest absolute Gasteiger partial charge is 0.459 e. The lowest BCUT2D eigenvalue weighted by Crippen LogP contribution is -2.26. The third-order valence-electron chi connectivity index (χ3n) is 4.65. The van der Waals surface area contributed by atoms with E-state index >= 15 is 0 Å². The molecular weight excluding hydrogens is 352 g/mol. The smallest absolute Gasteiger partial charge is 0.241 e. The Morgan fingerprint density at radius 3 is 2.69 bits per heavy atom. The van der Waals surface area contributed by atoms with Gasteiger partial charge in [-0.3, -0.25) is 4.79 Å². The maximum Gasteiger partial charge on any atom is 0.241 e. The number of sulfonamides is 1. The Morgan fingerprint density at radius 2 is 1.92 bits per heavy atom. The number of carbonyl (C=O) groups is 1. The van der Waals surface area contributed by atoms with Gasteiger partial charge < -0.3 is 9.73 Å². The van der Waals surface area contributed by atoms with Crippen LogP contribution in [-0.4, -0.2) is 14.3 Å². The molecule has 0 fully saturated rings. The molecule has 2 atom stereocenters. The Morgan fingerprint density at radius 1 is 1.15 bits per heavy atom. The Bertz CT molecular complexity index is 1080. The van der Waals surface area contributed by atoms with Crippen molar-refractivity contribution < 1.29 is 17.6 Å². The van der Waals surface area contributed by atoms with Crippen molar-refractivity contribution in [2.75, 3.05) is 5.32 Å². The molecule has 4 rings (SSSR count). The van der Waals surface area contributed by atoms with E-state index in [1.807, 2.05) is 30.3 Å². The number of furan rings is 1. The zero-order chi connectivity index (χ0) is 18.5. The van der Waals surface area contributed by atoms with E-state index in [0.29, 0.717) is 22.6 Å². The molecule has 2 heterocycles. The number of nitrogens with one attached hydrogen (secondary N) is 2. The van der Waals surface area contributed by atoms with Crippen LogP contribution in [0.5, 0.6) is 0 Å². The lowest BCUT2D eigenvalue weighted by molar-refractivity contribution is -0.116. The van der Waals surface area contributed by atoms with Crippen LogP contribution in [0.25, 0.3) is 11.0 Å². The van der Waals surface area contributed by atoms with Crippen LogP contribution >= 0.6 is 0 Å². The van der Waals surface area contributed by atoms with Crippen LogP contribution in [0, 0.1) is 0 Å². The number of hydrogen-bond acceptors (Lipinski definition) is 4. The van der Waals surface area contributed by atoms with Crippen molar-refractivity contribution in [3.8, 4) is 0 Å². The molecule has 0 bridgehead atoms. The Kier molecular flexibility index (Phi) is 3.86. The van der Waals surface area contributed by atoms with E-state index in [1.54, 1.807) is 26.0 Å². The van der Waals surface area contributed by atoms with Crippen LogP contribution in [0.4, 0.5) is 5.69 Å². The fourth-order valence-corrected chi connectivity index (χ4v) is 4.38. The number of benzene rings is 2. The van der Waals surface area contributed by atoms with Gasteiger partial charge in [0.15, 0.2) is 0 Å². The molecule has 0 spiro atoms. The second kappa shape index (κ2) is 5.96. The predicted molar refractivity (Wildman–Crippen MR) is 98.4 cm³/mol. The number of anilines is 1. The number of amides is 1. The standard InChI is InChI=1S/C19H18N2O4S/c1-11-15-10-14(7-8-16(15)20-19(11)22)26(23,24)21-12(2)18-9-13-5-3-4-6-17(13)25-18/h3-12,21H,1-2H3,(H,20,22)/t11-,12+/m1/s1. The van der Waals surface area contributed by atoms with Gasteiger partial charge in [-0.2, -0.15) is 0 Å². The molecule has 1 aliphatic heterocycles. The van der Waals surface area contributed by atoms with Crippen molar-refractivity contribution in [2.45, 2.75) is 30.7 Å². The van der Waals surface area contributed by atoms with Crippen LogP contribution in [-0.2, 0) is 14.8 Å². The van der Waals surface area contributed by atoms with Gasteiger partial charge in [0.25, 0.3) is 0 Å². The summed E-state index contributed by atoms with van der Waals surface area (Å²) in [6.07, 6.45) is 0. The number of para-hydroxylation sites is 1. The minimum Gasteiger partial charge on any atom is -0.459 e. The first-order valence-electron chi connectivity index (χ1n) is 8.31. The SMILES string of the molecule is C[C@H](NS(=O)(=O)c1ccc2c(c1)[C@@H](C)C(=O)N2)c1cc2ccccc2o1. The lowest BCUT2D eigenvalue weighted by Gasteiger charge is -2.13. The van der Waals surface area contributed by atoms with Crippen molar-refractivity contribution in [1.29, 1.82) is 0 Å². The number of fused-ring (bicyclic) bond motifs is 2. The number of hydrogen-bond donors (Lipinski definition) is 2. The minimum atomic E-state index is -3.76. The van der Waals surface area contributed by atoms with Crippen LogP contribution in [0.1, 0.15) is 37.1 Å². The maximum atomic E-state index is 12.8. The predicted octanol–water partition coefficient (Wildman–Crippen LogP) is 3.53. The zero-order valence-corrected chi connectivity index (χ0v) is 15.1. The molecule has 0 aliphatic carbocycles. The average molecular weight is 370 g/mol. The molecule has 0 radical (unpaired) electrons. The summed E-state index contributed by atoms with van der Waals surface area (Å²) in [5.41, 5.74) is 2.06. The third-order valence-corrected chi connectivity index (χ3v) is 6.19. The van der Waals surface area contributed by atoms with Gasteiger partial charge in [-0.15, -0.1) is 0 Å². The van der Waals surface area contributed by atoms with Gasteiger partial charge in [-0.05, 0) is 49.7 Å². The van der Waals surface area contributed by atoms with Crippen LogP contribution in [0.2, 0.25) is 0 Å². The molecule has 1 amide bonds. The zero-order valence-electron chi connectivity index (χ0n) is 14.3. The summed E-state index contributed by atoms with van der Waals surface area (Å²) >= 11 is 0. The molecule has 134 valence electrons. The molecule has 0 unspecified atom stereocenters. The van der Waals surface area contributed by atoms with Crippen LogP contribution in [0.15, 0.2) is 57.8 Å². The van der Waals surface area contributed by atoms with Crippen molar-refractivity contribution in [3.05, 3.63) is 59.9 Å². The van der Waals surface area contributed by atoms with Gasteiger partial charge in [-0.1, -0.05) is 18.2 Å².